The van der Waals surface area contributed by atoms with Crippen LogP contribution in [0.5, 0.6) is 0 Å². The Labute approximate surface area is 127 Å². The summed E-state index contributed by atoms with van der Waals surface area (Å²) in [5.74, 6) is 0. The van der Waals surface area contributed by atoms with Crippen molar-refractivity contribution in [1.82, 2.24) is 25.1 Å². The molecule has 0 spiro atoms. The fourth-order valence-electron chi connectivity index (χ4n) is 1.78. The number of aryl methyl sites for hydroxylation is 1. The second-order valence-electron chi connectivity index (χ2n) is 5.90. The van der Waals surface area contributed by atoms with Crippen LogP contribution in [-0.2, 0) is 6.54 Å². The van der Waals surface area contributed by atoms with Gasteiger partial charge in [0.05, 0.1) is 12.4 Å². The van der Waals surface area contributed by atoms with Crippen LogP contribution in [0.4, 0.5) is 9.93 Å². The second-order valence-corrected chi connectivity index (χ2v) is 7.08. The molecule has 0 aliphatic carbocycles. The van der Waals surface area contributed by atoms with E-state index in [0.717, 1.165) is 5.01 Å². The van der Waals surface area contributed by atoms with Gasteiger partial charge in [-0.2, -0.15) is 0 Å². The number of nitrogens with one attached hydrogen (secondary N) is 2. The Balaban J connectivity index is 1.99. The molecule has 0 radical (unpaired) electrons. The van der Waals surface area contributed by atoms with Gasteiger partial charge in [-0.15, -0.1) is 10.2 Å². The van der Waals surface area contributed by atoms with Gasteiger partial charge in [0.2, 0.25) is 5.13 Å². The van der Waals surface area contributed by atoms with Gasteiger partial charge in [-0.05, 0) is 12.3 Å². The first kappa shape index (κ1) is 15.4. The third kappa shape index (κ3) is 4.52. The molecule has 8 heteroatoms. The molecule has 2 amide bonds. The van der Waals surface area contributed by atoms with Crippen LogP contribution in [-0.4, -0.2) is 31.8 Å². The van der Waals surface area contributed by atoms with Crippen molar-refractivity contribution >= 4 is 22.5 Å². The zero-order valence-electron chi connectivity index (χ0n) is 12.6. The minimum atomic E-state index is -0.272. The normalized spacial score (nSPS) is 13.0. The van der Waals surface area contributed by atoms with Crippen molar-refractivity contribution in [2.75, 3.05) is 5.32 Å². The maximum atomic E-state index is 12.1. The minimum Gasteiger partial charge on any atom is -0.335 e. The average Bonchev–Trinajstić information content (AvgIpc) is 2.99. The molecule has 0 aliphatic rings. The molecule has 0 saturated heterocycles. The van der Waals surface area contributed by atoms with E-state index in [2.05, 4.69) is 46.6 Å². The van der Waals surface area contributed by atoms with Crippen LogP contribution < -0.4 is 10.6 Å². The van der Waals surface area contributed by atoms with Crippen molar-refractivity contribution in [3.8, 4) is 0 Å². The number of hydrogen-bond acceptors (Lipinski definition) is 5. The van der Waals surface area contributed by atoms with Crippen LogP contribution in [0, 0.1) is 12.3 Å². The second kappa shape index (κ2) is 6.21. The number of aromatic nitrogens is 4. The highest BCUT2D eigenvalue weighted by molar-refractivity contribution is 7.15. The van der Waals surface area contributed by atoms with Gasteiger partial charge in [0.1, 0.15) is 5.01 Å². The van der Waals surface area contributed by atoms with Crippen molar-refractivity contribution in [1.29, 1.82) is 0 Å². The van der Waals surface area contributed by atoms with E-state index in [1.807, 2.05) is 17.7 Å². The number of amides is 2. The lowest BCUT2D eigenvalue weighted by Crippen LogP contribution is -2.47. The van der Waals surface area contributed by atoms with E-state index in [4.69, 9.17) is 0 Å². The van der Waals surface area contributed by atoms with Gasteiger partial charge in [-0.25, -0.2) is 9.78 Å². The summed E-state index contributed by atoms with van der Waals surface area (Å²) >= 11 is 1.35. The Morgan fingerprint density at radius 1 is 1.43 bits per heavy atom. The monoisotopic (exact) mass is 308 g/mol. The predicted molar refractivity (Wildman–Crippen MR) is 82.3 cm³/mol. The van der Waals surface area contributed by atoms with Gasteiger partial charge in [0.15, 0.2) is 0 Å². The maximum absolute atomic E-state index is 12.1. The van der Waals surface area contributed by atoms with Crippen molar-refractivity contribution in [2.24, 2.45) is 5.41 Å². The summed E-state index contributed by atoms with van der Waals surface area (Å²) in [6.45, 7) is 8.77. The molecule has 0 fully saturated rings. The number of carbonyl (C=O) groups is 1. The highest BCUT2D eigenvalue weighted by atomic mass is 32.1. The van der Waals surface area contributed by atoms with Crippen molar-refractivity contribution < 1.29 is 4.79 Å². The van der Waals surface area contributed by atoms with Gasteiger partial charge in [0.25, 0.3) is 0 Å². The summed E-state index contributed by atoms with van der Waals surface area (Å²) < 4.78 is 1.95. The fourth-order valence-corrected chi connectivity index (χ4v) is 2.37. The molecule has 0 saturated carbocycles. The Morgan fingerprint density at radius 3 is 2.71 bits per heavy atom. The van der Waals surface area contributed by atoms with Crippen LogP contribution >= 0.6 is 11.3 Å². The molecule has 2 aromatic rings. The van der Waals surface area contributed by atoms with E-state index >= 15 is 0 Å². The summed E-state index contributed by atoms with van der Waals surface area (Å²) in [4.78, 5) is 16.1. The highest BCUT2D eigenvalue weighted by Crippen LogP contribution is 2.21. The molecule has 2 heterocycles. The molecular weight excluding hydrogens is 288 g/mol. The first-order chi connectivity index (χ1) is 9.84. The molecule has 0 aliphatic heterocycles. The molecule has 0 bridgehead atoms. The Kier molecular flexibility index (Phi) is 4.56. The molecule has 2 rings (SSSR count). The molecular formula is C13H20N6OS. The smallest absolute Gasteiger partial charge is 0.321 e. The minimum absolute atomic E-state index is 0.0410. The fraction of sp³-hybridized carbons (Fsp3) is 0.538. The molecule has 2 N–H and O–H groups in total. The lowest BCUT2D eigenvalue weighted by atomic mass is 9.86. The Bertz CT molecular complexity index is 586. The van der Waals surface area contributed by atoms with Crippen molar-refractivity contribution in [3.63, 3.8) is 0 Å². The largest absolute Gasteiger partial charge is 0.335 e. The van der Waals surface area contributed by atoms with Crippen LogP contribution in [0.1, 0.15) is 25.8 Å². The predicted octanol–water partition coefficient (Wildman–Crippen LogP) is 2.28. The Morgan fingerprint density at radius 2 is 2.19 bits per heavy atom. The number of imidazole rings is 1. The molecule has 114 valence electrons. The lowest BCUT2D eigenvalue weighted by Gasteiger charge is -2.31. The molecule has 0 aromatic carbocycles. The van der Waals surface area contributed by atoms with Crippen LogP contribution in [0.15, 0.2) is 18.7 Å². The lowest BCUT2D eigenvalue weighted by molar-refractivity contribution is 0.218. The molecule has 0 unspecified atom stereocenters. The van der Waals surface area contributed by atoms with E-state index in [0.29, 0.717) is 11.7 Å². The third-order valence-electron chi connectivity index (χ3n) is 3.05. The number of anilines is 1. The Hall–Kier alpha value is -1.96. The average molecular weight is 308 g/mol. The van der Waals surface area contributed by atoms with E-state index in [9.17, 15) is 4.79 Å². The number of carbonyl (C=O) groups excluding carboxylic acids is 1. The summed E-state index contributed by atoms with van der Waals surface area (Å²) in [5.41, 5.74) is -0.0847. The molecule has 1 atom stereocenters. The zero-order valence-corrected chi connectivity index (χ0v) is 13.4. The van der Waals surface area contributed by atoms with Crippen LogP contribution in [0.25, 0.3) is 0 Å². The summed E-state index contributed by atoms with van der Waals surface area (Å²) in [6.07, 6.45) is 5.35. The highest BCUT2D eigenvalue weighted by Gasteiger charge is 2.26. The van der Waals surface area contributed by atoms with E-state index in [1.165, 1.54) is 11.3 Å². The third-order valence-corrected chi connectivity index (χ3v) is 3.80. The number of urea groups is 1. The molecule has 2 aromatic heterocycles. The molecule has 7 nitrogen and oxygen atoms in total. The van der Waals surface area contributed by atoms with Gasteiger partial charge >= 0.3 is 6.03 Å². The summed E-state index contributed by atoms with van der Waals surface area (Å²) in [5, 5.41) is 14.8. The van der Waals surface area contributed by atoms with Gasteiger partial charge in [-0.1, -0.05) is 32.1 Å². The maximum Gasteiger partial charge on any atom is 0.321 e. The zero-order chi connectivity index (χ0) is 15.5. The van der Waals surface area contributed by atoms with Gasteiger partial charge < -0.3 is 9.88 Å². The van der Waals surface area contributed by atoms with Gasteiger partial charge in [0, 0.05) is 18.9 Å². The number of nitrogens with zero attached hydrogens (tertiary/aromatic N) is 4. The number of rotatable bonds is 4. The van der Waals surface area contributed by atoms with Crippen LogP contribution in [0.2, 0.25) is 0 Å². The first-order valence-electron chi connectivity index (χ1n) is 6.68. The van der Waals surface area contributed by atoms with Gasteiger partial charge in [-0.3, -0.25) is 5.32 Å². The standard InChI is InChI=1S/C13H20N6OS/c1-9-17-18-12(21-9)16-11(20)15-10(13(2,3)4)7-19-6-5-14-8-19/h5-6,8,10H,7H2,1-4H3,(H2,15,16,18,20)/t10-/m1/s1. The first-order valence-corrected chi connectivity index (χ1v) is 7.49. The summed E-state index contributed by atoms with van der Waals surface area (Å²) in [6, 6.07) is -0.313. The summed E-state index contributed by atoms with van der Waals surface area (Å²) in [7, 11) is 0. The van der Waals surface area contributed by atoms with Crippen LogP contribution in [0.3, 0.4) is 0 Å². The number of hydrogen-bond donors (Lipinski definition) is 2. The topological polar surface area (TPSA) is 84.7 Å². The SMILES string of the molecule is Cc1nnc(NC(=O)N[C@H](Cn2ccnc2)C(C)(C)C)s1. The molecule has 21 heavy (non-hydrogen) atoms. The quantitative estimate of drug-likeness (QED) is 0.907. The van der Waals surface area contributed by atoms with E-state index in [1.54, 1.807) is 12.5 Å². The van der Waals surface area contributed by atoms with Crippen molar-refractivity contribution in [3.05, 3.63) is 23.7 Å². The van der Waals surface area contributed by atoms with E-state index < -0.39 is 0 Å². The van der Waals surface area contributed by atoms with Crippen molar-refractivity contribution in [2.45, 2.75) is 40.3 Å². The van der Waals surface area contributed by atoms with E-state index in [-0.39, 0.29) is 17.5 Å².